The lowest BCUT2D eigenvalue weighted by atomic mass is 10.0. The Kier molecular flexibility index (Phi) is 6.00. The van der Waals surface area contributed by atoms with Crippen LogP contribution in [0.4, 0.5) is 0 Å². The van der Waals surface area contributed by atoms with E-state index in [0.717, 1.165) is 25.2 Å². The molecule has 0 spiro atoms. The number of nitrogens with one attached hydrogen (secondary N) is 1. The molecule has 0 fully saturated rings. The molecule has 1 aromatic heterocycles. The summed E-state index contributed by atoms with van der Waals surface area (Å²) in [5, 5.41) is 15.5. The lowest BCUT2D eigenvalue weighted by molar-refractivity contribution is 0.445. The van der Waals surface area contributed by atoms with Crippen molar-refractivity contribution in [3.8, 4) is 0 Å². The van der Waals surface area contributed by atoms with Crippen molar-refractivity contribution in [2.24, 2.45) is 7.05 Å². The highest BCUT2D eigenvalue weighted by molar-refractivity contribution is 4.77. The van der Waals surface area contributed by atoms with Crippen LogP contribution in [-0.2, 0) is 13.5 Å². The van der Waals surface area contributed by atoms with Crippen LogP contribution in [0.1, 0.15) is 45.4 Å². The molecule has 0 aliphatic rings. The van der Waals surface area contributed by atoms with Gasteiger partial charge in [0.05, 0.1) is 7.05 Å². The van der Waals surface area contributed by atoms with E-state index in [2.05, 4.69) is 34.6 Å². The largest absolute Gasteiger partial charge is 0.314 e. The van der Waals surface area contributed by atoms with Crippen molar-refractivity contribution in [3.63, 3.8) is 0 Å². The Hall–Kier alpha value is -0.970. The van der Waals surface area contributed by atoms with Gasteiger partial charge in [0.25, 0.3) is 0 Å². The number of tetrazole rings is 1. The fourth-order valence-electron chi connectivity index (χ4n) is 1.92. The average Bonchev–Trinajstić information content (AvgIpc) is 2.65. The van der Waals surface area contributed by atoms with E-state index in [1.807, 2.05) is 0 Å². The van der Waals surface area contributed by atoms with Crippen molar-refractivity contribution < 1.29 is 0 Å². The first-order valence-corrected chi connectivity index (χ1v) is 6.22. The van der Waals surface area contributed by atoms with Crippen molar-refractivity contribution >= 4 is 0 Å². The minimum atomic E-state index is 0.645. The van der Waals surface area contributed by atoms with Crippen LogP contribution in [0.25, 0.3) is 0 Å². The van der Waals surface area contributed by atoms with Gasteiger partial charge in [-0.1, -0.05) is 20.3 Å². The molecule has 0 aliphatic heterocycles. The van der Waals surface area contributed by atoms with Crippen LogP contribution in [0.3, 0.4) is 0 Å². The van der Waals surface area contributed by atoms with Gasteiger partial charge in [-0.15, -0.1) is 10.2 Å². The van der Waals surface area contributed by atoms with E-state index < -0.39 is 0 Å². The monoisotopic (exact) mass is 225 g/mol. The van der Waals surface area contributed by atoms with Gasteiger partial charge in [-0.05, 0) is 31.0 Å². The highest BCUT2D eigenvalue weighted by Gasteiger charge is 2.07. The van der Waals surface area contributed by atoms with Crippen LogP contribution in [0.5, 0.6) is 0 Å². The van der Waals surface area contributed by atoms with Gasteiger partial charge in [0.1, 0.15) is 0 Å². The molecular weight excluding hydrogens is 202 g/mol. The molecule has 1 aromatic rings. The summed E-state index contributed by atoms with van der Waals surface area (Å²) in [4.78, 5) is 1.52. The van der Waals surface area contributed by atoms with Crippen LogP contribution in [0.15, 0.2) is 0 Å². The Balaban J connectivity index is 2.21. The molecule has 5 heteroatoms. The minimum Gasteiger partial charge on any atom is -0.314 e. The van der Waals surface area contributed by atoms with E-state index >= 15 is 0 Å². The van der Waals surface area contributed by atoms with Gasteiger partial charge >= 0.3 is 0 Å². The van der Waals surface area contributed by atoms with E-state index in [0.29, 0.717) is 6.04 Å². The summed E-state index contributed by atoms with van der Waals surface area (Å²) in [6.45, 7) is 5.44. The van der Waals surface area contributed by atoms with E-state index in [4.69, 9.17) is 0 Å². The predicted molar refractivity (Wildman–Crippen MR) is 64.1 cm³/mol. The number of hydrogen-bond acceptors (Lipinski definition) is 4. The van der Waals surface area contributed by atoms with Crippen molar-refractivity contribution in [2.75, 3.05) is 6.54 Å². The fraction of sp³-hybridized carbons (Fsp3) is 0.909. The molecule has 1 atom stereocenters. The second-order valence-electron chi connectivity index (χ2n) is 4.13. The Bertz CT molecular complexity index is 278. The Morgan fingerprint density at radius 2 is 2.12 bits per heavy atom. The zero-order chi connectivity index (χ0) is 11.8. The highest BCUT2D eigenvalue weighted by Crippen LogP contribution is 2.07. The van der Waals surface area contributed by atoms with Crippen LogP contribution >= 0.6 is 0 Å². The maximum Gasteiger partial charge on any atom is 0.174 e. The molecule has 92 valence electrons. The normalized spacial score (nSPS) is 12.9. The number of hydrogen-bond donors (Lipinski definition) is 1. The number of nitrogens with zero attached hydrogens (tertiary/aromatic N) is 4. The van der Waals surface area contributed by atoms with Crippen LogP contribution in [0.2, 0.25) is 0 Å². The summed E-state index contributed by atoms with van der Waals surface area (Å²) in [7, 11) is 1.80. The molecule has 1 unspecified atom stereocenters. The molecule has 16 heavy (non-hydrogen) atoms. The molecule has 0 amide bonds. The summed E-state index contributed by atoms with van der Waals surface area (Å²) >= 11 is 0. The maximum atomic E-state index is 4.17. The summed E-state index contributed by atoms with van der Waals surface area (Å²) in [5.41, 5.74) is 0. The van der Waals surface area contributed by atoms with Gasteiger partial charge in [0.15, 0.2) is 5.82 Å². The average molecular weight is 225 g/mol. The SMILES string of the molecule is CCCC(CCCc1nnn(C)n1)NCC. The van der Waals surface area contributed by atoms with Gasteiger partial charge in [-0.2, -0.15) is 4.80 Å². The van der Waals surface area contributed by atoms with Gasteiger partial charge in [0, 0.05) is 12.5 Å². The molecule has 1 rings (SSSR count). The molecular formula is C11H23N5. The zero-order valence-electron chi connectivity index (χ0n) is 10.6. The third-order valence-corrected chi connectivity index (χ3v) is 2.63. The molecule has 1 N–H and O–H groups in total. The van der Waals surface area contributed by atoms with Gasteiger partial charge < -0.3 is 5.32 Å². The molecule has 0 aliphatic carbocycles. The second-order valence-corrected chi connectivity index (χ2v) is 4.13. The number of aromatic nitrogens is 4. The first-order valence-electron chi connectivity index (χ1n) is 6.22. The van der Waals surface area contributed by atoms with E-state index in [9.17, 15) is 0 Å². The summed E-state index contributed by atoms with van der Waals surface area (Å²) in [6, 6.07) is 0.645. The topological polar surface area (TPSA) is 55.6 Å². The zero-order valence-corrected chi connectivity index (χ0v) is 10.6. The van der Waals surface area contributed by atoms with E-state index in [-0.39, 0.29) is 0 Å². The van der Waals surface area contributed by atoms with Gasteiger partial charge in [-0.25, -0.2) is 0 Å². The Labute approximate surface area is 97.6 Å². The van der Waals surface area contributed by atoms with Gasteiger partial charge in [-0.3, -0.25) is 0 Å². The first kappa shape index (κ1) is 13.1. The highest BCUT2D eigenvalue weighted by atomic mass is 15.6. The number of rotatable bonds is 8. The molecule has 5 nitrogen and oxygen atoms in total. The third-order valence-electron chi connectivity index (χ3n) is 2.63. The summed E-state index contributed by atoms with van der Waals surface area (Å²) in [5.74, 6) is 0.856. The summed E-state index contributed by atoms with van der Waals surface area (Å²) < 4.78 is 0. The van der Waals surface area contributed by atoms with Crippen molar-refractivity contribution in [3.05, 3.63) is 5.82 Å². The standard InChI is InChI=1S/C11H23N5/c1-4-7-10(12-5-2)8-6-9-11-13-15-16(3)14-11/h10,12H,4-9H2,1-3H3. The molecule has 0 saturated heterocycles. The number of aryl methyl sites for hydroxylation is 2. The Morgan fingerprint density at radius 3 is 2.69 bits per heavy atom. The van der Waals surface area contributed by atoms with Crippen molar-refractivity contribution in [1.29, 1.82) is 0 Å². The smallest absolute Gasteiger partial charge is 0.174 e. The van der Waals surface area contributed by atoms with Crippen molar-refractivity contribution in [2.45, 2.75) is 52.0 Å². The van der Waals surface area contributed by atoms with Crippen LogP contribution in [0, 0.1) is 0 Å². The third kappa shape index (κ3) is 4.70. The first-order chi connectivity index (χ1) is 7.76. The van der Waals surface area contributed by atoms with E-state index in [1.54, 1.807) is 7.05 Å². The molecule has 0 radical (unpaired) electrons. The molecule has 1 heterocycles. The minimum absolute atomic E-state index is 0.645. The second kappa shape index (κ2) is 7.33. The molecule has 0 aromatic carbocycles. The van der Waals surface area contributed by atoms with Crippen molar-refractivity contribution in [1.82, 2.24) is 25.5 Å². The lowest BCUT2D eigenvalue weighted by Crippen LogP contribution is -2.28. The Morgan fingerprint density at radius 1 is 1.31 bits per heavy atom. The van der Waals surface area contributed by atoms with Crippen LogP contribution < -0.4 is 5.32 Å². The molecule has 0 saturated carbocycles. The lowest BCUT2D eigenvalue weighted by Gasteiger charge is -2.16. The van der Waals surface area contributed by atoms with Crippen LogP contribution in [-0.4, -0.2) is 32.8 Å². The maximum absolute atomic E-state index is 4.17. The quantitative estimate of drug-likeness (QED) is 0.725. The summed E-state index contributed by atoms with van der Waals surface area (Å²) in [6.07, 6.45) is 5.74. The predicted octanol–water partition coefficient (Wildman–Crippen LogP) is 1.31. The fourth-order valence-corrected chi connectivity index (χ4v) is 1.92. The molecule has 0 bridgehead atoms. The van der Waals surface area contributed by atoms with Gasteiger partial charge in [0.2, 0.25) is 0 Å². The van der Waals surface area contributed by atoms with E-state index in [1.165, 1.54) is 24.1 Å².